The third-order valence-corrected chi connectivity index (χ3v) is 5.97. The van der Waals surface area contributed by atoms with Crippen molar-refractivity contribution in [2.45, 2.75) is 18.5 Å². The Kier molecular flexibility index (Phi) is 3.81. The minimum atomic E-state index is -0.558. The highest BCUT2D eigenvalue weighted by atomic mass is 16.5. The van der Waals surface area contributed by atoms with Crippen LogP contribution in [0.5, 0.6) is 11.5 Å². The topological polar surface area (TPSA) is 85.9 Å². The minimum Gasteiger partial charge on any atom is -0.504 e. The molecule has 0 bridgehead atoms. The molecule has 148 valence electrons. The average Bonchev–Trinajstić information content (AvgIpc) is 3.09. The first kappa shape index (κ1) is 17.6. The number of ether oxygens (including phenoxy) is 1. The van der Waals surface area contributed by atoms with Gasteiger partial charge >= 0.3 is 0 Å². The molecule has 1 aromatic heterocycles. The van der Waals surface area contributed by atoms with Crippen LogP contribution in [0.3, 0.4) is 0 Å². The highest BCUT2D eigenvalue weighted by Crippen LogP contribution is 2.43. The van der Waals surface area contributed by atoms with Crippen LogP contribution in [0.1, 0.15) is 22.9 Å². The second-order valence-electron chi connectivity index (χ2n) is 7.61. The van der Waals surface area contributed by atoms with E-state index in [2.05, 4.69) is 4.98 Å². The highest BCUT2D eigenvalue weighted by Gasteiger charge is 2.47. The molecule has 2 aliphatic rings. The maximum Gasteiger partial charge on any atom is 0.245 e. The Balaban J connectivity index is 1.76. The van der Waals surface area contributed by atoms with Crippen LogP contribution in [0, 0.1) is 0 Å². The summed E-state index contributed by atoms with van der Waals surface area (Å²) < 4.78 is 5.29. The number of aromatic amines is 1. The van der Waals surface area contributed by atoms with Crippen molar-refractivity contribution >= 4 is 22.7 Å². The number of aromatic hydroxyl groups is 1. The lowest BCUT2D eigenvalue weighted by molar-refractivity contribution is -0.157. The summed E-state index contributed by atoms with van der Waals surface area (Å²) in [4.78, 5) is 32.7. The van der Waals surface area contributed by atoms with Crippen LogP contribution in [0.15, 0.2) is 42.5 Å². The summed E-state index contributed by atoms with van der Waals surface area (Å²) in [6, 6.07) is 12.0. The summed E-state index contributed by atoms with van der Waals surface area (Å²) in [6.07, 6.45) is 0.472. The lowest BCUT2D eigenvalue weighted by Crippen LogP contribution is -2.62. The molecule has 0 saturated carbocycles. The Morgan fingerprint density at radius 1 is 1.17 bits per heavy atom. The van der Waals surface area contributed by atoms with Crippen molar-refractivity contribution in [1.29, 1.82) is 0 Å². The Morgan fingerprint density at radius 2 is 1.97 bits per heavy atom. The van der Waals surface area contributed by atoms with Crippen LogP contribution >= 0.6 is 0 Å². The van der Waals surface area contributed by atoms with Crippen LogP contribution in [-0.4, -0.2) is 58.4 Å². The number of rotatable bonds is 2. The standard InChI is InChI=1S/C22H21N3O4/c1-24-11-19(27)25-16(22(24)28)10-14-13-5-3-4-6-15(13)23-20(14)21(25)12-7-8-17(26)18(9-12)29-2/h3-9,16,21,23,26H,10-11H2,1-2H3/t16-,21-/m1/s1. The third kappa shape index (κ3) is 2.50. The molecule has 5 rings (SSSR count). The monoisotopic (exact) mass is 391 g/mol. The fourth-order valence-electron chi connectivity index (χ4n) is 4.62. The van der Waals surface area contributed by atoms with Crippen molar-refractivity contribution in [2.24, 2.45) is 0 Å². The normalized spacial score (nSPS) is 21.3. The van der Waals surface area contributed by atoms with E-state index >= 15 is 0 Å². The van der Waals surface area contributed by atoms with Crippen molar-refractivity contribution in [3.05, 3.63) is 59.3 Å². The van der Waals surface area contributed by atoms with E-state index < -0.39 is 12.1 Å². The maximum absolute atomic E-state index is 13.1. The van der Waals surface area contributed by atoms with Crippen LogP contribution in [0.2, 0.25) is 0 Å². The molecule has 2 atom stereocenters. The summed E-state index contributed by atoms with van der Waals surface area (Å²) >= 11 is 0. The number of fused-ring (bicyclic) bond motifs is 4. The molecule has 2 aliphatic heterocycles. The van der Waals surface area contributed by atoms with E-state index in [1.165, 1.54) is 12.0 Å². The van der Waals surface area contributed by atoms with Gasteiger partial charge in [0.15, 0.2) is 11.5 Å². The van der Waals surface area contributed by atoms with Gasteiger partial charge in [-0.25, -0.2) is 0 Å². The third-order valence-electron chi connectivity index (χ3n) is 5.97. The predicted octanol–water partition coefficient (Wildman–Crippen LogP) is 2.20. The quantitative estimate of drug-likeness (QED) is 0.701. The Morgan fingerprint density at radius 3 is 2.76 bits per heavy atom. The van der Waals surface area contributed by atoms with Gasteiger partial charge in [0.05, 0.1) is 19.7 Å². The number of carbonyl (C=O) groups is 2. The van der Waals surface area contributed by atoms with E-state index in [-0.39, 0.29) is 24.1 Å². The lowest BCUT2D eigenvalue weighted by Gasteiger charge is -2.46. The summed E-state index contributed by atoms with van der Waals surface area (Å²) in [5, 5.41) is 11.1. The molecule has 3 heterocycles. The molecule has 1 saturated heterocycles. The number of phenolic OH excluding ortho intramolecular Hbond substituents is 1. The van der Waals surface area contributed by atoms with Crippen molar-refractivity contribution in [1.82, 2.24) is 14.8 Å². The van der Waals surface area contributed by atoms with Gasteiger partial charge in [0.2, 0.25) is 11.8 Å². The van der Waals surface area contributed by atoms with Gasteiger partial charge in [-0.3, -0.25) is 9.59 Å². The average molecular weight is 391 g/mol. The molecule has 2 amide bonds. The number of hydrogen-bond donors (Lipinski definition) is 2. The molecular formula is C22H21N3O4. The molecule has 0 aliphatic carbocycles. The van der Waals surface area contributed by atoms with E-state index in [9.17, 15) is 14.7 Å². The number of amides is 2. The maximum atomic E-state index is 13.1. The van der Waals surface area contributed by atoms with Gasteiger partial charge in [0.25, 0.3) is 0 Å². The van der Waals surface area contributed by atoms with E-state index in [0.717, 1.165) is 27.7 Å². The van der Waals surface area contributed by atoms with Crippen molar-refractivity contribution in [3.63, 3.8) is 0 Å². The fraction of sp³-hybridized carbons (Fsp3) is 0.273. The Hall–Kier alpha value is -3.48. The van der Waals surface area contributed by atoms with Crippen molar-refractivity contribution in [3.8, 4) is 11.5 Å². The van der Waals surface area contributed by atoms with E-state index in [1.807, 2.05) is 24.3 Å². The number of aromatic nitrogens is 1. The molecule has 0 unspecified atom stereocenters. The summed E-state index contributed by atoms with van der Waals surface area (Å²) in [5.74, 6) is 0.200. The molecule has 0 spiro atoms. The second kappa shape index (κ2) is 6.27. The van der Waals surface area contributed by atoms with Gasteiger partial charge < -0.3 is 24.6 Å². The summed E-state index contributed by atoms with van der Waals surface area (Å²) in [5.41, 5.74) is 3.71. The van der Waals surface area contributed by atoms with Gasteiger partial charge in [-0.05, 0) is 29.3 Å². The number of benzene rings is 2. The van der Waals surface area contributed by atoms with Crippen LogP contribution < -0.4 is 4.74 Å². The van der Waals surface area contributed by atoms with E-state index in [4.69, 9.17) is 4.74 Å². The molecule has 29 heavy (non-hydrogen) atoms. The second-order valence-corrected chi connectivity index (χ2v) is 7.61. The largest absolute Gasteiger partial charge is 0.504 e. The van der Waals surface area contributed by atoms with Gasteiger partial charge in [0.1, 0.15) is 6.04 Å². The molecule has 7 heteroatoms. The summed E-state index contributed by atoms with van der Waals surface area (Å²) in [7, 11) is 3.16. The first-order chi connectivity index (χ1) is 14.0. The Bertz CT molecular complexity index is 1150. The number of piperazine rings is 1. The van der Waals surface area contributed by atoms with Crippen molar-refractivity contribution < 1.29 is 19.4 Å². The first-order valence-electron chi connectivity index (χ1n) is 9.52. The number of phenols is 1. The molecule has 2 N–H and O–H groups in total. The van der Waals surface area contributed by atoms with Gasteiger partial charge in [-0.1, -0.05) is 24.3 Å². The highest BCUT2D eigenvalue weighted by molar-refractivity contribution is 5.97. The number of nitrogens with one attached hydrogen (secondary N) is 1. The fourth-order valence-corrected chi connectivity index (χ4v) is 4.62. The zero-order chi connectivity index (χ0) is 20.3. The van der Waals surface area contributed by atoms with E-state index in [1.54, 1.807) is 30.1 Å². The van der Waals surface area contributed by atoms with Crippen molar-refractivity contribution in [2.75, 3.05) is 20.7 Å². The number of para-hydroxylation sites is 1. The molecule has 1 fully saturated rings. The SMILES string of the molecule is COc1cc([C@@H]2c3[nH]c4ccccc4c3C[C@@H]3C(=O)N(C)CC(=O)N23)ccc1O. The first-order valence-corrected chi connectivity index (χ1v) is 9.52. The molecule has 2 aromatic carbocycles. The number of carbonyl (C=O) groups excluding carboxylic acids is 2. The smallest absolute Gasteiger partial charge is 0.245 e. The number of hydrogen-bond acceptors (Lipinski definition) is 4. The molecule has 3 aromatic rings. The number of H-pyrrole nitrogens is 1. The van der Waals surface area contributed by atoms with Gasteiger partial charge in [-0.15, -0.1) is 0 Å². The molecular weight excluding hydrogens is 370 g/mol. The molecule has 0 radical (unpaired) electrons. The van der Waals surface area contributed by atoms with E-state index in [0.29, 0.717) is 12.2 Å². The minimum absolute atomic E-state index is 0.0289. The summed E-state index contributed by atoms with van der Waals surface area (Å²) in [6.45, 7) is 0.0522. The Labute approximate surface area is 167 Å². The van der Waals surface area contributed by atoms with Gasteiger partial charge in [-0.2, -0.15) is 0 Å². The van der Waals surface area contributed by atoms with Crippen LogP contribution in [-0.2, 0) is 16.0 Å². The number of likely N-dealkylation sites (N-methyl/N-ethyl adjacent to an activating group) is 1. The van der Waals surface area contributed by atoms with Crippen LogP contribution in [0.4, 0.5) is 0 Å². The number of methoxy groups -OCH3 is 1. The zero-order valence-corrected chi connectivity index (χ0v) is 16.2. The zero-order valence-electron chi connectivity index (χ0n) is 16.2. The van der Waals surface area contributed by atoms with Gasteiger partial charge in [0, 0.05) is 30.1 Å². The lowest BCUT2D eigenvalue weighted by atomic mass is 9.86. The molecule has 7 nitrogen and oxygen atoms in total. The number of nitrogens with zero attached hydrogens (tertiary/aromatic N) is 2. The van der Waals surface area contributed by atoms with Crippen LogP contribution in [0.25, 0.3) is 10.9 Å². The predicted molar refractivity (Wildman–Crippen MR) is 107 cm³/mol.